The van der Waals surface area contributed by atoms with Gasteiger partial charge < -0.3 is 15.1 Å². The average Bonchev–Trinajstić information content (AvgIpc) is 2.77. The van der Waals surface area contributed by atoms with Gasteiger partial charge in [-0.15, -0.1) is 0 Å². The second kappa shape index (κ2) is 9.55. The maximum absolute atomic E-state index is 14.5. The van der Waals surface area contributed by atoms with Crippen molar-refractivity contribution >= 4 is 28.8 Å². The van der Waals surface area contributed by atoms with Crippen LogP contribution in [-0.4, -0.2) is 54.2 Å². The van der Waals surface area contributed by atoms with E-state index >= 15 is 0 Å². The molecule has 1 amide bonds. The first-order valence-corrected chi connectivity index (χ1v) is 10.2. The molecule has 1 N–H and O–H groups in total. The number of nitrogens with one attached hydrogen (secondary N) is 1. The first-order chi connectivity index (χ1) is 14.8. The van der Waals surface area contributed by atoms with Gasteiger partial charge in [-0.3, -0.25) is 19.7 Å². The summed E-state index contributed by atoms with van der Waals surface area (Å²) in [5.74, 6) is -0.975. The van der Waals surface area contributed by atoms with Crippen molar-refractivity contribution in [1.29, 1.82) is 0 Å². The first-order valence-electron chi connectivity index (χ1n) is 10.2. The van der Waals surface area contributed by atoms with E-state index in [-0.39, 0.29) is 22.9 Å². The van der Waals surface area contributed by atoms with Crippen molar-refractivity contribution in [1.82, 2.24) is 4.90 Å². The Morgan fingerprint density at radius 3 is 2.42 bits per heavy atom. The van der Waals surface area contributed by atoms with Gasteiger partial charge in [-0.1, -0.05) is 6.92 Å². The molecule has 1 heterocycles. The normalized spacial score (nSPS) is 13.8. The number of carbonyl (C=O) groups is 2. The summed E-state index contributed by atoms with van der Waals surface area (Å²) < 4.78 is 14.5. The molecule has 0 aliphatic carbocycles. The molecule has 31 heavy (non-hydrogen) atoms. The van der Waals surface area contributed by atoms with Gasteiger partial charge in [-0.2, -0.15) is 0 Å². The second-order valence-electron chi connectivity index (χ2n) is 7.42. The number of ketones is 1. The molecule has 3 rings (SSSR count). The average molecular weight is 428 g/mol. The Hall–Kier alpha value is -3.49. The number of anilines is 2. The van der Waals surface area contributed by atoms with Crippen molar-refractivity contribution in [2.75, 3.05) is 42.9 Å². The predicted molar refractivity (Wildman–Crippen MR) is 116 cm³/mol. The zero-order chi connectivity index (χ0) is 22.5. The van der Waals surface area contributed by atoms with E-state index in [1.165, 1.54) is 25.1 Å². The van der Waals surface area contributed by atoms with Crippen molar-refractivity contribution < 1.29 is 18.9 Å². The lowest BCUT2D eigenvalue weighted by Crippen LogP contribution is -2.49. The van der Waals surface area contributed by atoms with Crippen molar-refractivity contribution in [3.05, 3.63) is 63.5 Å². The number of nitro groups is 1. The van der Waals surface area contributed by atoms with Crippen LogP contribution in [0, 0.1) is 15.9 Å². The minimum absolute atomic E-state index is 0.142. The SMILES string of the molecule is CCCNc1ccc([N+](=O)[O-])cc1C(=O)N1CCN(c2ccc(C(C)=O)cc2F)CC1. The fourth-order valence-electron chi connectivity index (χ4n) is 3.54. The number of carbonyl (C=O) groups excluding carboxylic acids is 2. The number of piperazine rings is 1. The number of hydrogen-bond acceptors (Lipinski definition) is 6. The maximum Gasteiger partial charge on any atom is 0.270 e. The fourth-order valence-corrected chi connectivity index (χ4v) is 3.54. The van der Waals surface area contributed by atoms with Gasteiger partial charge in [0.15, 0.2) is 5.78 Å². The van der Waals surface area contributed by atoms with E-state index in [1.807, 2.05) is 11.8 Å². The van der Waals surface area contributed by atoms with Gasteiger partial charge in [0.2, 0.25) is 0 Å². The van der Waals surface area contributed by atoms with E-state index in [1.54, 1.807) is 23.1 Å². The van der Waals surface area contributed by atoms with E-state index in [9.17, 15) is 24.1 Å². The highest BCUT2D eigenvalue weighted by Gasteiger charge is 2.26. The molecule has 0 spiro atoms. The Kier molecular flexibility index (Phi) is 6.84. The van der Waals surface area contributed by atoms with Crippen LogP contribution in [0.15, 0.2) is 36.4 Å². The molecule has 8 nitrogen and oxygen atoms in total. The summed E-state index contributed by atoms with van der Waals surface area (Å²) >= 11 is 0. The number of hydrogen-bond donors (Lipinski definition) is 1. The molecule has 0 aromatic heterocycles. The molecular weight excluding hydrogens is 403 g/mol. The Morgan fingerprint density at radius 1 is 1.13 bits per heavy atom. The van der Waals surface area contributed by atoms with Crippen molar-refractivity contribution in [2.24, 2.45) is 0 Å². The molecule has 0 atom stereocenters. The molecule has 9 heteroatoms. The number of benzene rings is 2. The number of Topliss-reactive ketones (excluding diaryl/α,β-unsaturated/α-hetero) is 1. The van der Waals surface area contributed by atoms with Crippen LogP contribution in [0.1, 0.15) is 41.0 Å². The highest BCUT2D eigenvalue weighted by Crippen LogP contribution is 2.26. The molecule has 164 valence electrons. The highest BCUT2D eigenvalue weighted by atomic mass is 19.1. The Balaban J connectivity index is 1.75. The summed E-state index contributed by atoms with van der Waals surface area (Å²) in [7, 11) is 0. The van der Waals surface area contributed by atoms with Crippen molar-refractivity contribution in [2.45, 2.75) is 20.3 Å². The van der Waals surface area contributed by atoms with E-state index in [0.29, 0.717) is 49.7 Å². The lowest BCUT2D eigenvalue weighted by Gasteiger charge is -2.36. The summed E-state index contributed by atoms with van der Waals surface area (Å²) in [6.45, 7) is 5.54. The third kappa shape index (κ3) is 4.99. The number of amides is 1. The smallest absolute Gasteiger partial charge is 0.270 e. The lowest BCUT2D eigenvalue weighted by molar-refractivity contribution is -0.384. The van der Waals surface area contributed by atoms with Crippen LogP contribution >= 0.6 is 0 Å². The molecule has 1 aliphatic rings. The van der Waals surface area contributed by atoms with Gasteiger partial charge in [-0.25, -0.2) is 4.39 Å². The zero-order valence-electron chi connectivity index (χ0n) is 17.6. The monoisotopic (exact) mass is 428 g/mol. The minimum Gasteiger partial charge on any atom is -0.384 e. The quantitative estimate of drug-likeness (QED) is 0.410. The van der Waals surface area contributed by atoms with Gasteiger partial charge in [-0.05, 0) is 37.6 Å². The molecule has 0 unspecified atom stereocenters. The number of rotatable bonds is 7. The van der Waals surface area contributed by atoms with Gasteiger partial charge in [0, 0.05) is 56.1 Å². The molecule has 0 bridgehead atoms. The Labute approximate surface area is 179 Å². The van der Waals surface area contributed by atoms with Gasteiger partial charge in [0.1, 0.15) is 5.82 Å². The predicted octanol–water partition coefficient (Wildman–Crippen LogP) is 3.72. The fraction of sp³-hybridized carbons (Fsp3) is 0.364. The van der Waals surface area contributed by atoms with Gasteiger partial charge in [0.25, 0.3) is 11.6 Å². The van der Waals surface area contributed by atoms with Crippen LogP contribution < -0.4 is 10.2 Å². The third-order valence-electron chi connectivity index (χ3n) is 5.27. The maximum atomic E-state index is 14.5. The number of nitro benzene ring substituents is 1. The summed E-state index contributed by atoms with van der Waals surface area (Å²) in [6.07, 6.45) is 0.845. The van der Waals surface area contributed by atoms with Crippen LogP contribution in [0.5, 0.6) is 0 Å². The van der Waals surface area contributed by atoms with Crippen LogP contribution in [0.3, 0.4) is 0 Å². The summed E-state index contributed by atoms with van der Waals surface area (Å²) in [5.41, 5.74) is 1.38. The largest absolute Gasteiger partial charge is 0.384 e. The number of non-ortho nitro benzene ring substituents is 1. The van der Waals surface area contributed by atoms with Crippen LogP contribution in [0.4, 0.5) is 21.5 Å². The molecule has 2 aromatic rings. The van der Waals surface area contributed by atoms with Crippen molar-refractivity contribution in [3.63, 3.8) is 0 Å². The molecular formula is C22H25FN4O4. The summed E-state index contributed by atoms with van der Waals surface area (Å²) in [4.78, 5) is 38.6. The second-order valence-corrected chi connectivity index (χ2v) is 7.42. The van der Waals surface area contributed by atoms with E-state index in [4.69, 9.17) is 0 Å². The molecule has 1 fully saturated rings. The molecule has 1 saturated heterocycles. The van der Waals surface area contributed by atoms with Crippen LogP contribution in [-0.2, 0) is 0 Å². The minimum atomic E-state index is -0.522. The number of halogens is 1. The van der Waals surface area contributed by atoms with Crippen molar-refractivity contribution in [3.8, 4) is 0 Å². The molecule has 0 radical (unpaired) electrons. The van der Waals surface area contributed by atoms with Gasteiger partial charge >= 0.3 is 0 Å². The first kappa shape index (κ1) is 22.2. The van der Waals surface area contributed by atoms with Gasteiger partial charge in [0.05, 0.1) is 16.2 Å². The molecule has 2 aromatic carbocycles. The number of nitrogens with zero attached hydrogens (tertiary/aromatic N) is 3. The van der Waals surface area contributed by atoms with E-state index < -0.39 is 10.7 Å². The summed E-state index contributed by atoms with van der Waals surface area (Å²) in [5, 5.41) is 14.3. The molecule has 1 aliphatic heterocycles. The summed E-state index contributed by atoms with van der Waals surface area (Å²) in [6, 6.07) is 8.63. The highest BCUT2D eigenvalue weighted by molar-refractivity contribution is 6.00. The zero-order valence-corrected chi connectivity index (χ0v) is 17.6. The third-order valence-corrected chi connectivity index (χ3v) is 5.27. The topological polar surface area (TPSA) is 95.8 Å². The Morgan fingerprint density at radius 2 is 1.84 bits per heavy atom. The van der Waals surface area contributed by atoms with E-state index in [2.05, 4.69) is 5.32 Å². The standard InChI is InChI=1S/C22H25FN4O4/c1-3-8-24-20-6-5-17(27(30)31)14-18(20)22(29)26-11-9-25(10-12-26)21-7-4-16(15(2)28)13-19(21)23/h4-7,13-14,24H,3,8-12H2,1-2H3. The van der Waals surface area contributed by atoms with E-state index in [0.717, 1.165) is 6.42 Å². The Bertz CT molecular complexity index is 1000. The van der Waals surface area contributed by atoms with Crippen LogP contribution in [0.25, 0.3) is 0 Å². The lowest BCUT2D eigenvalue weighted by atomic mass is 10.1. The molecule has 0 saturated carbocycles. The van der Waals surface area contributed by atoms with Crippen LogP contribution in [0.2, 0.25) is 0 Å².